The van der Waals surface area contributed by atoms with Crippen LogP contribution >= 0.6 is 0 Å². The molecule has 1 saturated heterocycles. The van der Waals surface area contributed by atoms with Crippen LogP contribution in [0.3, 0.4) is 0 Å². The van der Waals surface area contributed by atoms with Crippen molar-refractivity contribution < 1.29 is 13.2 Å². The van der Waals surface area contributed by atoms with Crippen molar-refractivity contribution in [3.8, 4) is 0 Å². The first-order valence-corrected chi connectivity index (χ1v) is 10.3. The summed E-state index contributed by atoms with van der Waals surface area (Å²) in [5.41, 5.74) is 1.63. The Morgan fingerprint density at radius 1 is 1.26 bits per heavy atom. The number of benzene rings is 1. The van der Waals surface area contributed by atoms with Crippen molar-refractivity contribution in [2.24, 2.45) is 10.3 Å². The van der Waals surface area contributed by atoms with Gasteiger partial charge in [-0.15, -0.1) is 4.40 Å². The van der Waals surface area contributed by atoms with Crippen LogP contribution in [0, 0.1) is 12.8 Å². The van der Waals surface area contributed by atoms with Crippen molar-refractivity contribution in [3.63, 3.8) is 0 Å². The van der Waals surface area contributed by atoms with Crippen LogP contribution < -0.4 is 5.32 Å². The number of sulfonamides is 1. The number of nitrogens with one attached hydrogen (secondary N) is 1. The first-order valence-electron chi connectivity index (χ1n) is 8.87. The second-order valence-electron chi connectivity index (χ2n) is 6.88. The predicted molar refractivity (Wildman–Crippen MR) is 102 cm³/mol. The average molecular weight is 384 g/mol. The second-order valence-corrected chi connectivity index (χ2v) is 8.45. The standard InChI is InChI=1S/C19H20N4O3S/c1-13-8-9-20-17(11-13)21-19(24)14-5-4-10-23(12-14)18-15-6-2-3-7-16(15)27(25,26)22-18/h2-3,6-9,11,14H,4-5,10,12H2,1H3,(H,20,21,24). The fourth-order valence-corrected chi connectivity index (χ4v) is 4.76. The molecule has 1 N–H and O–H groups in total. The van der Waals surface area contributed by atoms with Gasteiger partial charge >= 0.3 is 0 Å². The molecule has 2 aliphatic rings. The lowest BCUT2D eigenvalue weighted by molar-refractivity contribution is -0.121. The molecule has 1 unspecified atom stereocenters. The summed E-state index contributed by atoms with van der Waals surface area (Å²) >= 11 is 0. The molecule has 2 aromatic rings. The molecule has 140 valence electrons. The number of pyridine rings is 1. The average Bonchev–Trinajstić information content (AvgIpc) is 2.93. The molecule has 8 heteroatoms. The molecule has 0 aliphatic carbocycles. The Morgan fingerprint density at radius 3 is 2.89 bits per heavy atom. The Hall–Kier alpha value is -2.74. The third-order valence-corrected chi connectivity index (χ3v) is 6.20. The van der Waals surface area contributed by atoms with Gasteiger partial charge in [0.15, 0.2) is 5.84 Å². The van der Waals surface area contributed by atoms with E-state index in [1.54, 1.807) is 30.5 Å². The van der Waals surface area contributed by atoms with Gasteiger partial charge in [0.05, 0.1) is 5.92 Å². The maximum atomic E-state index is 12.7. The first kappa shape index (κ1) is 17.7. The largest absolute Gasteiger partial charge is 0.355 e. The molecule has 1 aromatic carbocycles. The summed E-state index contributed by atoms with van der Waals surface area (Å²) in [6.07, 6.45) is 3.20. The summed E-state index contributed by atoms with van der Waals surface area (Å²) in [7, 11) is -3.66. The van der Waals surface area contributed by atoms with E-state index in [9.17, 15) is 13.2 Å². The van der Waals surface area contributed by atoms with E-state index in [0.29, 0.717) is 30.3 Å². The topological polar surface area (TPSA) is 91.7 Å². The number of fused-ring (bicyclic) bond motifs is 1. The van der Waals surface area contributed by atoms with E-state index in [0.717, 1.165) is 18.4 Å². The van der Waals surface area contributed by atoms with E-state index < -0.39 is 10.0 Å². The third-order valence-electron chi connectivity index (χ3n) is 4.87. The number of rotatable bonds is 2. The maximum Gasteiger partial charge on any atom is 0.285 e. The smallest absolute Gasteiger partial charge is 0.285 e. The van der Waals surface area contributed by atoms with Crippen LogP contribution in [0.15, 0.2) is 51.9 Å². The van der Waals surface area contributed by atoms with Crippen LogP contribution in [-0.2, 0) is 14.8 Å². The monoisotopic (exact) mass is 384 g/mol. The number of anilines is 1. The Bertz CT molecular complexity index is 1030. The Kier molecular flexibility index (Phi) is 4.43. The van der Waals surface area contributed by atoms with Gasteiger partial charge < -0.3 is 10.2 Å². The van der Waals surface area contributed by atoms with Gasteiger partial charge in [-0.05, 0) is 49.6 Å². The van der Waals surface area contributed by atoms with Gasteiger partial charge in [0.2, 0.25) is 5.91 Å². The van der Waals surface area contributed by atoms with Crippen molar-refractivity contribution in [1.29, 1.82) is 0 Å². The molecule has 3 heterocycles. The number of amidine groups is 1. The Labute approximate surface area is 158 Å². The highest BCUT2D eigenvalue weighted by Crippen LogP contribution is 2.30. The number of aryl methyl sites for hydroxylation is 1. The molecule has 0 radical (unpaired) electrons. The minimum absolute atomic E-state index is 0.104. The van der Waals surface area contributed by atoms with Gasteiger partial charge in [0, 0.05) is 24.8 Å². The molecule has 1 atom stereocenters. The number of amides is 1. The number of hydrogen-bond acceptors (Lipinski definition) is 5. The van der Waals surface area contributed by atoms with E-state index in [4.69, 9.17) is 0 Å². The number of nitrogens with zero attached hydrogens (tertiary/aromatic N) is 3. The molecule has 0 bridgehead atoms. The third kappa shape index (κ3) is 3.44. The van der Waals surface area contributed by atoms with E-state index in [2.05, 4.69) is 14.7 Å². The Morgan fingerprint density at radius 2 is 2.07 bits per heavy atom. The highest BCUT2D eigenvalue weighted by molar-refractivity contribution is 7.90. The van der Waals surface area contributed by atoms with Crippen LogP contribution in [0.25, 0.3) is 0 Å². The minimum atomic E-state index is -3.66. The quantitative estimate of drug-likeness (QED) is 0.857. The van der Waals surface area contributed by atoms with E-state index in [1.165, 1.54) is 0 Å². The molecule has 1 aromatic heterocycles. The normalized spacial score (nSPS) is 20.7. The Balaban J connectivity index is 1.53. The molecule has 1 amide bonds. The lowest BCUT2D eigenvalue weighted by atomic mass is 9.96. The SMILES string of the molecule is Cc1ccnc(NC(=O)C2CCCN(C3=NS(=O)(=O)c4ccccc43)C2)c1. The van der Waals surface area contributed by atoms with Crippen molar-refractivity contribution in [1.82, 2.24) is 9.88 Å². The molecule has 0 saturated carbocycles. The van der Waals surface area contributed by atoms with Crippen molar-refractivity contribution >= 4 is 27.6 Å². The van der Waals surface area contributed by atoms with E-state index in [-0.39, 0.29) is 16.7 Å². The summed E-state index contributed by atoms with van der Waals surface area (Å²) in [6.45, 7) is 3.05. The van der Waals surface area contributed by atoms with Crippen molar-refractivity contribution in [3.05, 3.63) is 53.7 Å². The van der Waals surface area contributed by atoms with Crippen LogP contribution in [0.5, 0.6) is 0 Å². The number of hydrogen-bond donors (Lipinski definition) is 1. The lowest BCUT2D eigenvalue weighted by Gasteiger charge is -2.33. The van der Waals surface area contributed by atoms with Crippen LogP contribution in [0.2, 0.25) is 0 Å². The molecule has 2 aliphatic heterocycles. The zero-order valence-electron chi connectivity index (χ0n) is 14.9. The highest BCUT2D eigenvalue weighted by Gasteiger charge is 2.35. The molecule has 7 nitrogen and oxygen atoms in total. The zero-order chi connectivity index (χ0) is 19.0. The van der Waals surface area contributed by atoms with Crippen molar-refractivity contribution in [2.45, 2.75) is 24.7 Å². The minimum Gasteiger partial charge on any atom is -0.355 e. The molecule has 4 rings (SSSR count). The molecule has 27 heavy (non-hydrogen) atoms. The zero-order valence-corrected chi connectivity index (χ0v) is 15.7. The summed E-state index contributed by atoms with van der Waals surface area (Å²) in [6, 6.07) is 10.5. The summed E-state index contributed by atoms with van der Waals surface area (Å²) in [5.74, 6) is 0.617. The fourth-order valence-electron chi connectivity index (χ4n) is 3.53. The number of carbonyl (C=O) groups excluding carboxylic acids is 1. The number of likely N-dealkylation sites (tertiary alicyclic amines) is 1. The van der Waals surface area contributed by atoms with E-state index >= 15 is 0 Å². The van der Waals surface area contributed by atoms with Crippen LogP contribution in [-0.4, -0.2) is 43.1 Å². The second kappa shape index (κ2) is 6.77. The lowest BCUT2D eigenvalue weighted by Crippen LogP contribution is -2.43. The molecular weight excluding hydrogens is 364 g/mol. The van der Waals surface area contributed by atoms with Gasteiger partial charge in [0.25, 0.3) is 10.0 Å². The van der Waals surface area contributed by atoms with Gasteiger partial charge in [-0.1, -0.05) is 12.1 Å². The number of piperidine rings is 1. The van der Waals surface area contributed by atoms with Crippen LogP contribution in [0.4, 0.5) is 5.82 Å². The summed E-state index contributed by atoms with van der Waals surface area (Å²) < 4.78 is 28.6. The van der Waals surface area contributed by atoms with Crippen LogP contribution in [0.1, 0.15) is 24.0 Å². The number of carbonyl (C=O) groups is 1. The van der Waals surface area contributed by atoms with Gasteiger partial charge in [-0.2, -0.15) is 8.42 Å². The van der Waals surface area contributed by atoms with E-state index in [1.807, 2.05) is 24.0 Å². The summed E-state index contributed by atoms with van der Waals surface area (Å²) in [5, 5.41) is 2.86. The number of aromatic nitrogens is 1. The molecule has 0 spiro atoms. The maximum absolute atomic E-state index is 12.7. The summed E-state index contributed by atoms with van der Waals surface area (Å²) in [4.78, 5) is 19.0. The first-order chi connectivity index (χ1) is 12.9. The van der Waals surface area contributed by atoms with Gasteiger partial charge in [0.1, 0.15) is 10.7 Å². The predicted octanol–water partition coefficient (Wildman–Crippen LogP) is 2.19. The van der Waals surface area contributed by atoms with Gasteiger partial charge in [-0.3, -0.25) is 4.79 Å². The van der Waals surface area contributed by atoms with Gasteiger partial charge in [-0.25, -0.2) is 4.98 Å². The highest BCUT2D eigenvalue weighted by atomic mass is 32.2. The molecular formula is C19H20N4O3S. The van der Waals surface area contributed by atoms with Crippen molar-refractivity contribution in [2.75, 3.05) is 18.4 Å². The fraction of sp³-hybridized carbons (Fsp3) is 0.316. The molecule has 1 fully saturated rings.